The van der Waals surface area contributed by atoms with E-state index >= 15 is 0 Å². The molecule has 15 heavy (non-hydrogen) atoms. The maximum Gasteiger partial charge on any atom is 0.121 e. The summed E-state index contributed by atoms with van der Waals surface area (Å²) in [5.74, 6) is 0.356. The van der Waals surface area contributed by atoms with Crippen LogP contribution in [0.15, 0.2) is 16.6 Å². The van der Waals surface area contributed by atoms with Gasteiger partial charge in [-0.1, -0.05) is 20.8 Å². The summed E-state index contributed by atoms with van der Waals surface area (Å²) in [6.45, 7) is 6.39. The van der Waals surface area contributed by atoms with Gasteiger partial charge in [0.2, 0.25) is 0 Å². The molecule has 0 heterocycles. The highest BCUT2D eigenvalue weighted by Gasteiger charge is 2.26. The summed E-state index contributed by atoms with van der Waals surface area (Å²) in [6, 6.07) is 3.59. The van der Waals surface area contributed by atoms with Crippen LogP contribution >= 0.6 is 15.9 Å². The number of benzene rings is 1. The minimum atomic E-state index is -0.0355. The fraction of sp³-hybridized carbons (Fsp3) is 0.500. The van der Waals surface area contributed by atoms with Gasteiger partial charge in [-0.3, -0.25) is 0 Å². The first-order chi connectivity index (χ1) is 6.94. The average Bonchev–Trinajstić information content (AvgIpc) is 2.20. The second-order valence-corrected chi connectivity index (χ2v) is 5.16. The summed E-state index contributed by atoms with van der Waals surface area (Å²) in [5, 5.41) is 13.1. The van der Waals surface area contributed by atoms with Crippen molar-refractivity contribution < 1.29 is 5.11 Å². The Morgan fingerprint density at radius 2 is 2.00 bits per heavy atom. The highest BCUT2D eigenvalue weighted by atomic mass is 79.9. The van der Waals surface area contributed by atoms with Crippen molar-refractivity contribution in [2.75, 3.05) is 12.4 Å². The molecule has 0 atom stereocenters. The first kappa shape index (κ1) is 12.4. The lowest BCUT2D eigenvalue weighted by molar-refractivity contribution is 0.430. The fourth-order valence-corrected chi connectivity index (χ4v) is 2.20. The van der Waals surface area contributed by atoms with Gasteiger partial charge < -0.3 is 10.4 Å². The van der Waals surface area contributed by atoms with Gasteiger partial charge in [0, 0.05) is 17.1 Å². The summed E-state index contributed by atoms with van der Waals surface area (Å²) < 4.78 is 0.985. The maximum absolute atomic E-state index is 9.95. The van der Waals surface area contributed by atoms with Gasteiger partial charge in [-0.25, -0.2) is 0 Å². The van der Waals surface area contributed by atoms with Crippen molar-refractivity contribution >= 4 is 21.6 Å². The predicted molar refractivity (Wildman–Crippen MR) is 68.7 cm³/mol. The lowest BCUT2D eigenvalue weighted by Crippen LogP contribution is -2.18. The third-order valence-corrected chi connectivity index (χ3v) is 3.60. The van der Waals surface area contributed by atoms with Crippen molar-refractivity contribution in [2.45, 2.75) is 32.6 Å². The molecule has 0 aliphatic heterocycles. The van der Waals surface area contributed by atoms with E-state index in [4.69, 9.17) is 0 Å². The molecular weight excluding hydrogens is 254 g/mol. The van der Waals surface area contributed by atoms with E-state index in [0.29, 0.717) is 5.75 Å². The van der Waals surface area contributed by atoms with Crippen molar-refractivity contribution in [1.29, 1.82) is 0 Å². The molecule has 0 saturated heterocycles. The van der Waals surface area contributed by atoms with Crippen LogP contribution in [0.1, 0.15) is 32.8 Å². The fourth-order valence-electron chi connectivity index (χ4n) is 1.67. The summed E-state index contributed by atoms with van der Waals surface area (Å²) >= 11 is 3.49. The molecule has 0 bridgehead atoms. The van der Waals surface area contributed by atoms with E-state index in [0.717, 1.165) is 22.1 Å². The molecular formula is C12H18BrNO. The summed E-state index contributed by atoms with van der Waals surface area (Å²) in [6.07, 6.45) is 0.978. The van der Waals surface area contributed by atoms with Gasteiger partial charge in [0.25, 0.3) is 0 Å². The average molecular weight is 272 g/mol. The predicted octanol–water partition coefficient (Wildman–Crippen LogP) is 3.88. The molecule has 0 unspecified atom stereocenters. The number of halogens is 1. The zero-order valence-corrected chi connectivity index (χ0v) is 11.3. The third kappa shape index (κ3) is 2.28. The Balaban J connectivity index is 3.44. The molecule has 0 radical (unpaired) electrons. The normalized spacial score (nSPS) is 11.5. The first-order valence-corrected chi connectivity index (χ1v) is 5.93. The Morgan fingerprint density at radius 1 is 1.40 bits per heavy atom. The zero-order chi connectivity index (χ0) is 11.6. The van der Waals surface area contributed by atoms with E-state index < -0.39 is 0 Å². The van der Waals surface area contributed by atoms with E-state index in [9.17, 15) is 5.11 Å². The smallest absolute Gasteiger partial charge is 0.121 e. The van der Waals surface area contributed by atoms with Gasteiger partial charge in [-0.2, -0.15) is 0 Å². The number of phenols is 1. The van der Waals surface area contributed by atoms with Gasteiger partial charge >= 0.3 is 0 Å². The molecule has 2 nitrogen and oxygen atoms in total. The largest absolute Gasteiger partial charge is 0.508 e. The summed E-state index contributed by atoms with van der Waals surface area (Å²) in [5.41, 5.74) is 1.91. The highest BCUT2D eigenvalue weighted by molar-refractivity contribution is 9.10. The molecule has 0 saturated carbocycles. The number of hydrogen-bond donors (Lipinski definition) is 2. The van der Waals surface area contributed by atoms with Crippen molar-refractivity contribution in [3.05, 3.63) is 22.2 Å². The molecule has 0 spiro atoms. The minimum absolute atomic E-state index is 0.0355. The van der Waals surface area contributed by atoms with Crippen molar-refractivity contribution in [1.82, 2.24) is 0 Å². The molecule has 0 fully saturated rings. The molecule has 3 heteroatoms. The van der Waals surface area contributed by atoms with E-state index in [2.05, 4.69) is 42.0 Å². The third-order valence-electron chi connectivity index (χ3n) is 2.94. The molecule has 0 amide bonds. The SMILES string of the molecule is CCC(C)(C)c1c(O)ccc(Br)c1NC. The van der Waals surface area contributed by atoms with Crippen molar-refractivity contribution in [3.63, 3.8) is 0 Å². The second-order valence-electron chi connectivity index (χ2n) is 4.30. The quantitative estimate of drug-likeness (QED) is 0.875. The minimum Gasteiger partial charge on any atom is -0.508 e. The lowest BCUT2D eigenvalue weighted by Gasteiger charge is -2.27. The molecule has 1 aromatic carbocycles. The van der Waals surface area contributed by atoms with Crippen LogP contribution in [0.25, 0.3) is 0 Å². The Morgan fingerprint density at radius 3 is 2.47 bits per heavy atom. The van der Waals surface area contributed by atoms with Gasteiger partial charge in [-0.05, 0) is 39.9 Å². The zero-order valence-electron chi connectivity index (χ0n) is 9.69. The molecule has 0 aliphatic rings. The van der Waals surface area contributed by atoms with Crippen LogP contribution in [-0.2, 0) is 5.41 Å². The highest BCUT2D eigenvalue weighted by Crippen LogP contribution is 2.42. The molecule has 84 valence electrons. The number of aromatic hydroxyl groups is 1. The lowest BCUT2D eigenvalue weighted by atomic mass is 9.80. The molecule has 2 N–H and O–H groups in total. The van der Waals surface area contributed by atoms with Crippen LogP contribution in [0.2, 0.25) is 0 Å². The standard InChI is InChI=1S/C12H18BrNO/c1-5-12(2,3)10-9(15)7-6-8(13)11(10)14-4/h6-7,14-15H,5H2,1-4H3. The molecule has 0 aliphatic carbocycles. The number of rotatable bonds is 3. The Hall–Kier alpha value is -0.700. The number of hydrogen-bond acceptors (Lipinski definition) is 2. The first-order valence-electron chi connectivity index (χ1n) is 5.13. The van der Waals surface area contributed by atoms with Crippen LogP contribution in [0, 0.1) is 0 Å². The Bertz CT molecular complexity index is 361. The van der Waals surface area contributed by atoms with Crippen molar-refractivity contribution in [2.24, 2.45) is 0 Å². The van der Waals surface area contributed by atoms with Crippen LogP contribution in [0.4, 0.5) is 5.69 Å². The van der Waals surface area contributed by atoms with Gasteiger partial charge in [0.05, 0.1) is 5.69 Å². The Labute approximate surface area is 99.8 Å². The number of anilines is 1. The Kier molecular flexibility index (Phi) is 3.66. The van der Waals surface area contributed by atoms with Gasteiger partial charge in [0.1, 0.15) is 5.75 Å². The molecule has 1 rings (SSSR count). The van der Waals surface area contributed by atoms with Gasteiger partial charge in [-0.15, -0.1) is 0 Å². The van der Waals surface area contributed by atoms with Gasteiger partial charge in [0.15, 0.2) is 0 Å². The molecule has 0 aromatic heterocycles. The van der Waals surface area contributed by atoms with E-state index in [1.54, 1.807) is 6.07 Å². The van der Waals surface area contributed by atoms with Crippen LogP contribution in [-0.4, -0.2) is 12.2 Å². The van der Waals surface area contributed by atoms with Crippen molar-refractivity contribution in [3.8, 4) is 5.75 Å². The second kappa shape index (κ2) is 4.44. The number of phenolic OH excluding ortho intramolecular Hbond substituents is 1. The van der Waals surface area contributed by atoms with Crippen LogP contribution < -0.4 is 5.32 Å². The summed E-state index contributed by atoms with van der Waals surface area (Å²) in [4.78, 5) is 0. The van der Waals surface area contributed by atoms with E-state index in [1.165, 1.54) is 0 Å². The number of nitrogens with one attached hydrogen (secondary N) is 1. The maximum atomic E-state index is 9.95. The van der Waals surface area contributed by atoms with Crippen LogP contribution in [0.3, 0.4) is 0 Å². The van der Waals surface area contributed by atoms with Crippen LogP contribution in [0.5, 0.6) is 5.75 Å². The van der Waals surface area contributed by atoms with E-state index in [-0.39, 0.29) is 5.41 Å². The molecule has 1 aromatic rings. The summed E-state index contributed by atoms with van der Waals surface area (Å²) in [7, 11) is 1.87. The monoisotopic (exact) mass is 271 g/mol. The topological polar surface area (TPSA) is 32.3 Å². The van der Waals surface area contributed by atoms with E-state index in [1.807, 2.05) is 13.1 Å².